The van der Waals surface area contributed by atoms with Gasteiger partial charge in [-0.05, 0) is 40.8 Å². The average molecular weight is 313 g/mol. The molecule has 108 valence electrons. The highest BCUT2D eigenvalue weighted by molar-refractivity contribution is 8.02. The van der Waals surface area contributed by atoms with Crippen LogP contribution in [0.2, 0.25) is 0 Å². The zero-order valence-electron chi connectivity index (χ0n) is 12.5. The summed E-state index contributed by atoms with van der Waals surface area (Å²) in [5, 5.41) is 4.25. The molecule has 2 rings (SSSR count). The van der Waals surface area contributed by atoms with Crippen molar-refractivity contribution in [3.63, 3.8) is 0 Å². The Morgan fingerprint density at radius 3 is 2.67 bits per heavy atom. The van der Waals surface area contributed by atoms with E-state index in [0.29, 0.717) is 0 Å². The second kappa shape index (κ2) is 8.12. The van der Waals surface area contributed by atoms with Gasteiger partial charge in [-0.15, -0.1) is 11.3 Å². The van der Waals surface area contributed by atoms with Crippen LogP contribution in [-0.2, 0) is 0 Å². The Labute approximate surface area is 136 Å². The van der Waals surface area contributed by atoms with Crippen LogP contribution in [0.1, 0.15) is 31.6 Å². The van der Waals surface area contributed by atoms with E-state index in [4.69, 9.17) is 0 Å². The third-order valence-electron chi connectivity index (χ3n) is 3.01. The Kier molecular flexibility index (Phi) is 6.17. The predicted octanol–water partition coefficient (Wildman–Crippen LogP) is 6.21. The number of thiophene rings is 1. The Morgan fingerprint density at radius 2 is 1.95 bits per heavy atom. The number of hydrogen-bond donors (Lipinski definition) is 0. The largest absolute Gasteiger partial charge is 0.135 e. The maximum atomic E-state index is 3.31. The normalized spacial score (nSPS) is 11.3. The third kappa shape index (κ3) is 6.25. The summed E-state index contributed by atoms with van der Waals surface area (Å²) >= 11 is 3.47. The summed E-state index contributed by atoms with van der Waals surface area (Å²) in [6, 6.07) is 14.6. The molecule has 1 heterocycles. The minimum absolute atomic E-state index is 0.220. The van der Waals surface area contributed by atoms with E-state index in [0.717, 1.165) is 17.7 Å². The predicted molar refractivity (Wildman–Crippen MR) is 95.7 cm³/mol. The first-order valence-electron chi connectivity index (χ1n) is 7.05. The number of allylic oxidation sites excluding steroid dienone is 1. The van der Waals surface area contributed by atoms with E-state index < -0.39 is 0 Å². The third-order valence-corrected chi connectivity index (χ3v) is 4.67. The maximum Gasteiger partial charge on any atom is 0.0768 e. The molecule has 1 aromatic heterocycles. The van der Waals surface area contributed by atoms with Gasteiger partial charge in [0.15, 0.2) is 0 Å². The van der Waals surface area contributed by atoms with Crippen LogP contribution in [0.5, 0.6) is 0 Å². The van der Waals surface area contributed by atoms with Crippen LogP contribution in [-0.4, -0.2) is 0 Å². The van der Waals surface area contributed by atoms with Gasteiger partial charge in [-0.25, -0.2) is 0 Å². The van der Waals surface area contributed by atoms with E-state index in [-0.39, 0.29) is 5.41 Å². The highest BCUT2D eigenvalue weighted by Crippen LogP contribution is 2.26. The van der Waals surface area contributed by atoms with Crippen molar-refractivity contribution in [2.24, 2.45) is 5.41 Å². The Morgan fingerprint density at radius 1 is 1.14 bits per heavy atom. The lowest BCUT2D eigenvalue weighted by Gasteiger charge is -2.19. The van der Waals surface area contributed by atoms with Gasteiger partial charge in [0.05, 0.1) is 4.88 Å². The first kappa shape index (κ1) is 15.9. The van der Waals surface area contributed by atoms with E-state index in [1.807, 2.05) is 12.1 Å². The number of benzene rings is 1. The molecule has 0 fully saturated rings. The van der Waals surface area contributed by atoms with Gasteiger partial charge in [0.25, 0.3) is 0 Å². The monoisotopic (exact) mass is 312 g/mol. The lowest BCUT2D eigenvalue weighted by Crippen LogP contribution is -2.08. The molecule has 0 aliphatic heterocycles. The SMILES string of the molecule is CC(C)(CC#Cc1cccs1)CC=CSc1ccccc1. The molecule has 2 aromatic rings. The van der Waals surface area contributed by atoms with Crippen molar-refractivity contribution < 1.29 is 0 Å². The van der Waals surface area contributed by atoms with Gasteiger partial charge < -0.3 is 0 Å². The fourth-order valence-corrected chi connectivity index (χ4v) is 3.04. The standard InChI is InChI=1S/C19H20S2/c1-19(2,13-6-11-18-12-7-15-20-18)14-8-16-21-17-9-4-3-5-10-17/h3-5,7-10,12,15-16H,13-14H2,1-2H3. The fourth-order valence-electron chi connectivity index (χ4n) is 1.79. The van der Waals surface area contributed by atoms with Gasteiger partial charge >= 0.3 is 0 Å². The molecule has 0 saturated carbocycles. The summed E-state index contributed by atoms with van der Waals surface area (Å²) in [6.45, 7) is 4.54. The summed E-state index contributed by atoms with van der Waals surface area (Å²) in [7, 11) is 0. The topological polar surface area (TPSA) is 0 Å². The lowest BCUT2D eigenvalue weighted by atomic mass is 9.86. The van der Waals surface area contributed by atoms with E-state index in [9.17, 15) is 0 Å². The summed E-state index contributed by atoms with van der Waals surface area (Å²) in [4.78, 5) is 2.44. The molecule has 21 heavy (non-hydrogen) atoms. The van der Waals surface area contributed by atoms with Crippen LogP contribution < -0.4 is 0 Å². The minimum Gasteiger partial charge on any atom is -0.135 e. The summed E-state index contributed by atoms with van der Waals surface area (Å²) < 4.78 is 0. The molecule has 0 aliphatic rings. The van der Waals surface area contributed by atoms with Crippen molar-refractivity contribution in [1.29, 1.82) is 0 Å². The molecule has 1 aromatic carbocycles. The zero-order valence-corrected chi connectivity index (χ0v) is 14.1. The van der Waals surface area contributed by atoms with Crippen LogP contribution in [0, 0.1) is 17.3 Å². The van der Waals surface area contributed by atoms with Crippen molar-refractivity contribution >= 4 is 23.1 Å². The molecule has 0 N–H and O–H groups in total. The van der Waals surface area contributed by atoms with E-state index in [1.165, 1.54) is 4.90 Å². The van der Waals surface area contributed by atoms with Crippen LogP contribution in [0.15, 0.2) is 64.2 Å². The van der Waals surface area contributed by atoms with Crippen molar-refractivity contribution in [1.82, 2.24) is 0 Å². The van der Waals surface area contributed by atoms with Crippen LogP contribution in [0.3, 0.4) is 0 Å². The fraction of sp³-hybridized carbons (Fsp3) is 0.263. The quantitative estimate of drug-likeness (QED) is 0.467. The lowest BCUT2D eigenvalue weighted by molar-refractivity contribution is 0.383. The van der Waals surface area contributed by atoms with Crippen LogP contribution in [0.4, 0.5) is 0 Å². The number of rotatable bonds is 5. The van der Waals surface area contributed by atoms with Gasteiger partial charge in [-0.1, -0.05) is 67.8 Å². The van der Waals surface area contributed by atoms with Gasteiger partial charge in [0.2, 0.25) is 0 Å². The Bertz CT molecular complexity index is 611. The van der Waals surface area contributed by atoms with Gasteiger partial charge in [-0.3, -0.25) is 0 Å². The first-order valence-corrected chi connectivity index (χ1v) is 8.81. The van der Waals surface area contributed by atoms with Gasteiger partial charge in [-0.2, -0.15) is 0 Å². The van der Waals surface area contributed by atoms with Crippen molar-refractivity contribution in [3.05, 3.63) is 64.2 Å². The molecular weight excluding hydrogens is 292 g/mol. The summed E-state index contributed by atoms with van der Waals surface area (Å²) in [5.41, 5.74) is 0.220. The molecule has 0 saturated heterocycles. The molecule has 0 atom stereocenters. The molecule has 0 amide bonds. The molecule has 0 bridgehead atoms. The average Bonchev–Trinajstić information content (AvgIpc) is 2.98. The number of hydrogen-bond acceptors (Lipinski definition) is 2. The van der Waals surface area contributed by atoms with E-state index >= 15 is 0 Å². The Balaban J connectivity index is 1.78. The van der Waals surface area contributed by atoms with E-state index in [2.05, 4.69) is 72.9 Å². The van der Waals surface area contributed by atoms with Gasteiger partial charge in [0.1, 0.15) is 0 Å². The molecule has 0 unspecified atom stereocenters. The van der Waals surface area contributed by atoms with Crippen LogP contribution in [0.25, 0.3) is 0 Å². The zero-order chi connectivity index (χ0) is 15.0. The molecule has 0 radical (unpaired) electrons. The highest BCUT2D eigenvalue weighted by atomic mass is 32.2. The second-order valence-electron chi connectivity index (χ2n) is 5.63. The highest BCUT2D eigenvalue weighted by Gasteiger charge is 2.14. The number of thioether (sulfide) groups is 1. The van der Waals surface area contributed by atoms with Crippen LogP contribution >= 0.6 is 23.1 Å². The molecule has 0 aliphatic carbocycles. The Hall–Kier alpha value is -1.43. The van der Waals surface area contributed by atoms with Crippen molar-refractivity contribution in [3.8, 4) is 11.8 Å². The summed E-state index contributed by atoms with van der Waals surface area (Å²) in [5.74, 6) is 6.54. The van der Waals surface area contributed by atoms with E-state index in [1.54, 1.807) is 23.1 Å². The van der Waals surface area contributed by atoms with Crippen molar-refractivity contribution in [2.45, 2.75) is 31.6 Å². The first-order chi connectivity index (χ1) is 10.2. The minimum atomic E-state index is 0.220. The molecule has 0 spiro atoms. The molecule has 2 heteroatoms. The molecule has 0 nitrogen and oxygen atoms in total. The smallest absolute Gasteiger partial charge is 0.0768 e. The molecular formula is C19H20S2. The second-order valence-corrected chi connectivity index (χ2v) is 7.55. The van der Waals surface area contributed by atoms with Crippen molar-refractivity contribution in [2.75, 3.05) is 0 Å². The van der Waals surface area contributed by atoms with Gasteiger partial charge in [0, 0.05) is 11.3 Å². The summed E-state index contributed by atoms with van der Waals surface area (Å²) in [6.07, 6.45) is 4.22. The maximum absolute atomic E-state index is 3.31.